The second-order valence-electron chi connectivity index (χ2n) is 5.45. The van der Waals surface area contributed by atoms with Gasteiger partial charge in [0.2, 0.25) is 6.10 Å². The van der Waals surface area contributed by atoms with Crippen LogP contribution in [0.15, 0.2) is 24.3 Å². The Kier molecular flexibility index (Phi) is 4.89. The first kappa shape index (κ1) is 17.2. The molecule has 2 atom stereocenters. The Bertz CT molecular complexity index is 804. The molecule has 1 N–H and O–H groups in total. The van der Waals surface area contributed by atoms with Gasteiger partial charge in [0.05, 0.1) is 12.3 Å². The summed E-state index contributed by atoms with van der Waals surface area (Å²) in [5.41, 5.74) is 0.512. The number of hydrogen-bond donors (Lipinski definition) is 1. The average Bonchev–Trinajstić information content (AvgIpc) is 2.94. The summed E-state index contributed by atoms with van der Waals surface area (Å²) in [7, 11) is 0. The fraction of sp³-hybridized carbons (Fsp3) is 0.353. The minimum Gasteiger partial charge on any atom is -0.482 e. The number of nitrogens with one attached hydrogen (secondary N) is 1. The Morgan fingerprint density at radius 3 is 2.64 bits per heavy atom. The lowest BCUT2D eigenvalue weighted by Crippen LogP contribution is -2.46. The van der Waals surface area contributed by atoms with E-state index in [4.69, 9.17) is 14.2 Å². The largest absolute Gasteiger partial charge is 0.482 e. The minimum atomic E-state index is -0.815. The van der Waals surface area contributed by atoms with Gasteiger partial charge in [-0.25, -0.2) is 9.78 Å². The second kappa shape index (κ2) is 7.10. The van der Waals surface area contributed by atoms with Gasteiger partial charge in [-0.1, -0.05) is 23.5 Å². The predicted octanol–water partition coefficient (Wildman–Crippen LogP) is 2.80. The quantitative estimate of drug-likeness (QED) is 0.842. The third kappa shape index (κ3) is 3.58. The maximum absolute atomic E-state index is 12.5. The van der Waals surface area contributed by atoms with Crippen LogP contribution >= 0.6 is 11.3 Å². The number of anilines is 1. The molecule has 0 fully saturated rings. The Morgan fingerprint density at radius 1 is 1.28 bits per heavy atom. The third-order valence-electron chi connectivity index (χ3n) is 3.59. The molecule has 7 nitrogen and oxygen atoms in total. The molecule has 0 unspecified atom stereocenters. The van der Waals surface area contributed by atoms with Gasteiger partial charge in [0.15, 0.2) is 16.6 Å². The second-order valence-corrected chi connectivity index (χ2v) is 6.45. The van der Waals surface area contributed by atoms with Crippen molar-refractivity contribution >= 4 is 28.3 Å². The summed E-state index contributed by atoms with van der Waals surface area (Å²) < 4.78 is 16.4. The van der Waals surface area contributed by atoms with Crippen LogP contribution in [0.3, 0.4) is 0 Å². The summed E-state index contributed by atoms with van der Waals surface area (Å²) in [6.07, 6.45) is -1.27. The monoisotopic (exact) mass is 362 g/mol. The Morgan fingerprint density at radius 2 is 1.96 bits per heavy atom. The fourth-order valence-electron chi connectivity index (χ4n) is 2.42. The number of hydrogen-bond acceptors (Lipinski definition) is 7. The highest BCUT2D eigenvalue weighted by atomic mass is 32.1. The maximum atomic E-state index is 12.5. The molecule has 1 aromatic carbocycles. The number of esters is 1. The zero-order valence-corrected chi connectivity index (χ0v) is 14.9. The number of rotatable bonds is 4. The third-order valence-corrected chi connectivity index (χ3v) is 4.64. The first-order valence-electron chi connectivity index (χ1n) is 7.87. The van der Waals surface area contributed by atoms with E-state index in [0.717, 1.165) is 11.3 Å². The highest BCUT2D eigenvalue weighted by molar-refractivity contribution is 7.17. The molecule has 0 saturated carbocycles. The molecule has 1 aromatic heterocycles. The zero-order chi connectivity index (χ0) is 18.0. The van der Waals surface area contributed by atoms with E-state index in [1.54, 1.807) is 32.9 Å². The smallest absolute Gasteiger partial charge is 0.350 e. The van der Waals surface area contributed by atoms with Gasteiger partial charge in [0.25, 0.3) is 5.91 Å². The van der Waals surface area contributed by atoms with Crippen LogP contribution in [0, 0.1) is 6.92 Å². The van der Waals surface area contributed by atoms with Crippen LogP contribution in [0.1, 0.15) is 29.2 Å². The topological polar surface area (TPSA) is 86.8 Å². The zero-order valence-electron chi connectivity index (χ0n) is 14.1. The Hall–Kier alpha value is -2.61. The molecule has 0 bridgehead atoms. The highest BCUT2D eigenvalue weighted by Gasteiger charge is 2.34. The molecule has 0 radical (unpaired) electrons. The molecule has 132 valence electrons. The van der Waals surface area contributed by atoms with Crippen LogP contribution in [0.25, 0.3) is 0 Å². The van der Waals surface area contributed by atoms with E-state index in [9.17, 15) is 9.59 Å². The van der Waals surface area contributed by atoms with Gasteiger partial charge < -0.3 is 14.2 Å². The number of nitrogens with zero attached hydrogens (tertiary/aromatic N) is 1. The molecular formula is C17H18N2O5S. The summed E-state index contributed by atoms with van der Waals surface area (Å²) in [5, 5.41) is 3.01. The molecule has 2 heterocycles. The number of thiazole rings is 1. The molecule has 0 aliphatic carbocycles. The predicted molar refractivity (Wildman–Crippen MR) is 92.4 cm³/mol. The van der Waals surface area contributed by atoms with Crippen molar-refractivity contribution in [3.8, 4) is 11.5 Å². The number of carbonyl (C=O) groups excluding carboxylic acids is 2. The van der Waals surface area contributed by atoms with Crippen molar-refractivity contribution < 1.29 is 23.8 Å². The summed E-state index contributed by atoms with van der Waals surface area (Å²) in [6, 6.07) is 7.18. The highest BCUT2D eigenvalue weighted by Crippen LogP contribution is 2.34. The fourth-order valence-corrected chi connectivity index (χ4v) is 3.28. The van der Waals surface area contributed by atoms with Crippen LogP contribution in [-0.4, -0.2) is 35.7 Å². The number of ether oxygens (including phenoxy) is 3. The van der Waals surface area contributed by atoms with Crippen molar-refractivity contribution in [2.45, 2.75) is 33.0 Å². The van der Waals surface area contributed by atoms with E-state index in [1.165, 1.54) is 0 Å². The average molecular weight is 362 g/mol. The molecule has 1 aliphatic rings. The van der Waals surface area contributed by atoms with Gasteiger partial charge in [-0.3, -0.25) is 10.1 Å². The van der Waals surface area contributed by atoms with E-state index < -0.39 is 18.2 Å². The molecule has 0 spiro atoms. The van der Waals surface area contributed by atoms with E-state index in [1.807, 2.05) is 12.1 Å². The van der Waals surface area contributed by atoms with Gasteiger partial charge in [0.1, 0.15) is 11.0 Å². The van der Waals surface area contributed by atoms with E-state index in [0.29, 0.717) is 27.2 Å². The van der Waals surface area contributed by atoms with Gasteiger partial charge >= 0.3 is 5.97 Å². The lowest BCUT2D eigenvalue weighted by atomic mass is 10.1. The van der Waals surface area contributed by atoms with Crippen LogP contribution in [-0.2, 0) is 9.53 Å². The number of amides is 1. The molecule has 1 aliphatic heterocycles. The number of benzene rings is 1. The molecule has 25 heavy (non-hydrogen) atoms. The Balaban J connectivity index is 1.73. The summed E-state index contributed by atoms with van der Waals surface area (Å²) in [5.74, 6) is 0.292. The van der Waals surface area contributed by atoms with Crippen molar-refractivity contribution in [2.24, 2.45) is 0 Å². The number of aromatic nitrogens is 1. The number of aryl methyl sites for hydroxylation is 1. The van der Waals surface area contributed by atoms with Crippen molar-refractivity contribution in [3.63, 3.8) is 0 Å². The normalized spacial score (nSPS) is 18.5. The van der Waals surface area contributed by atoms with Crippen LogP contribution in [0.5, 0.6) is 11.5 Å². The molecule has 8 heteroatoms. The number of carbonyl (C=O) groups is 2. The lowest BCUT2D eigenvalue weighted by molar-refractivity contribution is -0.128. The lowest BCUT2D eigenvalue weighted by Gasteiger charge is -2.30. The summed E-state index contributed by atoms with van der Waals surface area (Å²) in [6.45, 7) is 5.47. The van der Waals surface area contributed by atoms with Gasteiger partial charge in [0, 0.05) is 0 Å². The first-order valence-corrected chi connectivity index (χ1v) is 8.69. The molecule has 1 amide bonds. The van der Waals surface area contributed by atoms with E-state index >= 15 is 0 Å². The van der Waals surface area contributed by atoms with Crippen molar-refractivity contribution in [1.29, 1.82) is 0 Å². The standard InChI is InChI=1S/C17H18N2O5S/c1-4-22-16(21)14-9(2)18-17(25-14)19-15(20)13-10(3)23-11-7-5-6-8-12(11)24-13/h5-8,10,13H,4H2,1-3H3,(H,18,19,20)/t10-,13+/m0/s1. The molecular weight excluding hydrogens is 344 g/mol. The minimum absolute atomic E-state index is 0.280. The van der Waals surface area contributed by atoms with Crippen molar-refractivity contribution in [3.05, 3.63) is 34.8 Å². The number of para-hydroxylation sites is 2. The summed E-state index contributed by atoms with van der Waals surface area (Å²) >= 11 is 1.07. The molecule has 0 saturated heterocycles. The SMILES string of the molecule is CCOC(=O)c1sc(NC(=O)[C@@H]2Oc3ccccc3O[C@H]2C)nc1C. The van der Waals surface area contributed by atoms with E-state index in [2.05, 4.69) is 10.3 Å². The maximum Gasteiger partial charge on any atom is 0.350 e. The van der Waals surface area contributed by atoms with Crippen LogP contribution in [0.2, 0.25) is 0 Å². The number of fused-ring (bicyclic) bond motifs is 1. The molecule has 3 rings (SSSR count). The van der Waals surface area contributed by atoms with Gasteiger partial charge in [-0.2, -0.15) is 0 Å². The van der Waals surface area contributed by atoms with Crippen LogP contribution in [0.4, 0.5) is 5.13 Å². The summed E-state index contributed by atoms with van der Waals surface area (Å²) in [4.78, 5) is 29.0. The molecule has 2 aromatic rings. The van der Waals surface area contributed by atoms with E-state index in [-0.39, 0.29) is 12.5 Å². The van der Waals surface area contributed by atoms with Crippen molar-refractivity contribution in [1.82, 2.24) is 4.98 Å². The van der Waals surface area contributed by atoms with Gasteiger partial charge in [-0.05, 0) is 32.9 Å². The first-order chi connectivity index (χ1) is 12.0. The van der Waals surface area contributed by atoms with Crippen LogP contribution < -0.4 is 14.8 Å². The van der Waals surface area contributed by atoms with Gasteiger partial charge in [-0.15, -0.1) is 0 Å². The Labute approximate surface area is 148 Å². The van der Waals surface area contributed by atoms with Crippen molar-refractivity contribution in [2.75, 3.05) is 11.9 Å².